The van der Waals surface area contributed by atoms with Crippen LogP contribution in [0.25, 0.3) is 10.1 Å². The average molecular weight is 304 g/mol. The van der Waals surface area contributed by atoms with Crippen molar-refractivity contribution in [2.24, 2.45) is 0 Å². The SMILES string of the molecule is CN(Cc1ccoc1)C(=O)c1sc2ccc(F)cc2c1N. The van der Waals surface area contributed by atoms with E-state index in [1.54, 1.807) is 36.6 Å². The van der Waals surface area contributed by atoms with Crippen molar-refractivity contribution in [2.45, 2.75) is 6.54 Å². The molecule has 1 aromatic carbocycles. The van der Waals surface area contributed by atoms with E-state index < -0.39 is 0 Å². The highest BCUT2D eigenvalue weighted by atomic mass is 32.1. The van der Waals surface area contributed by atoms with Crippen molar-refractivity contribution < 1.29 is 13.6 Å². The molecule has 1 amide bonds. The summed E-state index contributed by atoms with van der Waals surface area (Å²) in [6, 6.07) is 6.15. The molecule has 0 aliphatic carbocycles. The smallest absolute Gasteiger partial charge is 0.266 e. The predicted molar refractivity (Wildman–Crippen MR) is 80.7 cm³/mol. The van der Waals surface area contributed by atoms with Crippen molar-refractivity contribution >= 4 is 33.0 Å². The molecule has 0 unspecified atom stereocenters. The van der Waals surface area contributed by atoms with Crippen LogP contribution >= 0.6 is 11.3 Å². The number of nitrogen functional groups attached to an aromatic ring is 1. The van der Waals surface area contributed by atoms with Crippen LogP contribution in [0.15, 0.2) is 41.2 Å². The van der Waals surface area contributed by atoms with E-state index in [1.165, 1.54) is 23.5 Å². The number of thiophene rings is 1. The first-order chi connectivity index (χ1) is 10.1. The maximum absolute atomic E-state index is 13.3. The van der Waals surface area contributed by atoms with Gasteiger partial charge in [0.25, 0.3) is 5.91 Å². The van der Waals surface area contributed by atoms with Gasteiger partial charge in [0.2, 0.25) is 0 Å². The molecule has 4 nitrogen and oxygen atoms in total. The standard InChI is InChI=1S/C15H13FN2O2S/c1-18(7-9-4-5-20-8-9)15(19)14-13(17)11-6-10(16)2-3-12(11)21-14/h2-6,8H,7,17H2,1H3. The quantitative estimate of drug-likeness (QED) is 0.806. The number of nitrogens with zero attached hydrogens (tertiary/aromatic N) is 1. The van der Waals surface area contributed by atoms with Gasteiger partial charge in [-0.15, -0.1) is 11.3 Å². The maximum atomic E-state index is 13.3. The van der Waals surface area contributed by atoms with Crippen LogP contribution in [0.1, 0.15) is 15.2 Å². The molecule has 0 spiro atoms. The van der Waals surface area contributed by atoms with Gasteiger partial charge in [-0.2, -0.15) is 0 Å². The second kappa shape index (κ2) is 5.21. The Morgan fingerprint density at radius 2 is 2.24 bits per heavy atom. The monoisotopic (exact) mass is 304 g/mol. The summed E-state index contributed by atoms with van der Waals surface area (Å²) in [7, 11) is 1.69. The van der Waals surface area contributed by atoms with Gasteiger partial charge in [0, 0.05) is 29.2 Å². The van der Waals surface area contributed by atoms with Crippen LogP contribution in [0.3, 0.4) is 0 Å². The summed E-state index contributed by atoms with van der Waals surface area (Å²) in [6.07, 6.45) is 3.15. The Morgan fingerprint density at radius 1 is 1.43 bits per heavy atom. The van der Waals surface area contributed by atoms with Crippen molar-refractivity contribution in [3.8, 4) is 0 Å². The Balaban J connectivity index is 1.92. The normalized spacial score (nSPS) is 11.0. The molecule has 0 fully saturated rings. The minimum atomic E-state index is -0.363. The van der Waals surface area contributed by atoms with Crippen LogP contribution in [0.2, 0.25) is 0 Å². The zero-order valence-corrected chi connectivity index (χ0v) is 12.1. The third-order valence-electron chi connectivity index (χ3n) is 3.23. The van der Waals surface area contributed by atoms with Gasteiger partial charge in [-0.3, -0.25) is 4.79 Å². The van der Waals surface area contributed by atoms with Crippen molar-refractivity contribution in [3.05, 3.63) is 53.0 Å². The summed E-state index contributed by atoms with van der Waals surface area (Å²) in [5.41, 5.74) is 7.23. The highest BCUT2D eigenvalue weighted by molar-refractivity contribution is 7.21. The molecule has 0 radical (unpaired) electrons. The van der Waals surface area contributed by atoms with Gasteiger partial charge in [0.15, 0.2) is 0 Å². The first-order valence-corrected chi connectivity index (χ1v) is 7.12. The van der Waals surface area contributed by atoms with E-state index in [-0.39, 0.29) is 11.7 Å². The number of anilines is 1. The summed E-state index contributed by atoms with van der Waals surface area (Å²) < 4.78 is 19.1. The number of hydrogen-bond acceptors (Lipinski definition) is 4. The molecule has 2 aromatic heterocycles. The minimum Gasteiger partial charge on any atom is -0.472 e. The highest BCUT2D eigenvalue weighted by Gasteiger charge is 2.20. The summed E-state index contributed by atoms with van der Waals surface area (Å²) in [4.78, 5) is 14.5. The van der Waals surface area contributed by atoms with Gasteiger partial charge in [-0.25, -0.2) is 4.39 Å². The molecule has 6 heteroatoms. The third-order valence-corrected chi connectivity index (χ3v) is 4.40. The molecule has 0 atom stereocenters. The molecule has 3 aromatic rings. The molecule has 0 aliphatic heterocycles. The topological polar surface area (TPSA) is 59.5 Å². The molecular formula is C15H13FN2O2S. The fourth-order valence-electron chi connectivity index (χ4n) is 2.15. The van der Waals surface area contributed by atoms with Crippen LogP contribution in [0, 0.1) is 5.82 Å². The lowest BCUT2D eigenvalue weighted by molar-refractivity contribution is 0.0790. The Hall–Kier alpha value is -2.34. The second-order valence-corrected chi connectivity index (χ2v) is 5.83. The molecule has 21 heavy (non-hydrogen) atoms. The van der Waals surface area contributed by atoms with Crippen molar-refractivity contribution in [1.29, 1.82) is 0 Å². The number of amides is 1. The molecular weight excluding hydrogens is 291 g/mol. The number of carbonyl (C=O) groups is 1. The van der Waals surface area contributed by atoms with E-state index in [0.29, 0.717) is 22.5 Å². The number of carbonyl (C=O) groups excluding carboxylic acids is 1. The molecule has 108 valence electrons. The summed E-state index contributed by atoms with van der Waals surface area (Å²) in [5.74, 6) is -0.548. The highest BCUT2D eigenvalue weighted by Crippen LogP contribution is 2.34. The molecule has 3 rings (SSSR count). The lowest BCUT2D eigenvalue weighted by Gasteiger charge is -2.15. The van der Waals surface area contributed by atoms with Gasteiger partial charge >= 0.3 is 0 Å². The van der Waals surface area contributed by atoms with Gasteiger partial charge in [0.1, 0.15) is 10.7 Å². The van der Waals surface area contributed by atoms with Crippen LogP contribution in [-0.4, -0.2) is 17.9 Å². The fourth-order valence-corrected chi connectivity index (χ4v) is 3.25. The van der Waals surface area contributed by atoms with Crippen LogP contribution in [-0.2, 0) is 6.54 Å². The number of furan rings is 1. The summed E-state index contributed by atoms with van der Waals surface area (Å²) in [6.45, 7) is 0.428. The largest absolute Gasteiger partial charge is 0.472 e. The number of hydrogen-bond donors (Lipinski definition) is 1. The van der Waals surface area contributed by atoms with Gasteiger partial charge in [-0.1, -0.05) is 0 Å². The number of rotatable bonds is 3. The van der Waals surface area contributed by atoms with E-state index in [9.17, 15) is 9.18 Å². The van der Waals surface area contributed by atoms with Crippen LogP contribution < -0.4 is 5.73 Å². The van der Waals surface area contributed by atoms with E-state index >= 15 is 0 Å². The number of fused-ring (bicyclic) bond motifs is 1. The molecule has 0 bridgehead atoms. The zero-order valence-electron chi connectivity index (χ0n) is 11.3. The van der Waals surface area contributed by atoms with Gasteiger partial charge in [-0.05, 0) is 24.3 Å². The number of benzene rings is 1. The number of halogens is 1. The summed E-state index contributed by atoms with van der Waals surface area (Å²) in [5, 5.41) is 0.583. The molecule has 0 aliphatic rings. The average Bonchev–Trinajstić information content (AvgIpc) is 3.07. The molecule has 0 saturated carbocycles. The zero-order chi connectivity index (χ0) is 15.0. The maximum Gasteiger partial charge on any atom is 0.266 e. The molecule has 2 N–H and O–H groups in total. The predicted octanol–water partition coefficient (Wildman–Crippen LogP) is 3.49. The van der Waals surface area contributed by atoms with Crippen LogP contribution in [0.5, 0.6) is 0 Å². The van der Waals surface area contributed by atoms with E-state index in [2.05, 4.69) is 0 Å². The van der Waals surface area contributed by atoms with Crippen molar-refractivity contribution in [1.82, 2.24) is 4.90 Å². The van der Waals surface area contributed by atoms with E-state index in [0.717, 1.165) is 10.3 Å². The second-order valence-electron chi connectivity index (χ2n) is 4.78. The Labute approximate surface area is 124 Å². The first-order valence-electron chi connectivity index (χ1n) is 6.30. The third kappa shape index (κ3) is 2.50. The van der Waals surface area contributed by atoms with Crippen molar-refractivity contribution in [3.63, 3.8) is 0 Å². The summed E-state index contributed by atoms with van der Waals surface area (Å²) >= 11 is 1.28. The van der Waals surface area contributed by atoms with E-state index in [1.807, 2.05) is 0 Å². The first kappa shape index (κ1) is 13.6. The van der Waals surface area contributed by atoms with Gasteiger partial charge < -0.3 is 15.1 Å². The molecule has 2 heterocycles. The van der Waals surface area contributed by atoms with E-state index in [4.69, 9.17) is 10.2 Å². The van der Waals surface area contributed by atoms with Gasteiger partial charge in [0.05, 0.1) is 18.2 Å². The lowest BCUT2D eigenvalue weighted by Crippen LogP contribution is -2.25. The minimum absolute atomic E-state index is 0.185. The Morgan fingerprint density at radius 3 is 2.95 bits per heavy atom. The van der Waals surface area contributed by atoms with Crippen molar-refractivity contribution in [2.75, 3.05) is 12.8 Å². The lowest BCUT2D eigenvalue weighted by atomic mass is 10.2. The molecule has 0 saturated heterocycles. The fraction of sp³-hybridized carbons (Fsp3) is 0.133. The Bertz CT molecular complexity index is 795. The number of nitrogens with two attached hydrogens (primary N) is 1. The Kier molecular flexibility index (Phi) is 3.39. The van der Waals surface area contributed by atoms with Crippen LogP contribution in [0.4, 0.5) is 10.1 Å².